The highest BCUT2D eigenvalue weighted by molar-refractivity contribution is 6.30. The molecule has 1 nitrogen and oxygen atoms in total. The standard InChI is InChI=1S/C17H18ClN/c1-13-5-7-14(8-6-13)10-17(11-19-12-17)15-3-2-4-16(18)9-15/h2-9,19H,10-12H2,1H3. The van der Waals surface area contributed by atoms with Crippen molar-refractivity contribution in [3.8, 4) is 0 Å². The first-order valence-electron chi connectivity index (χ1n) is 6.70. The largest absolute Gasteiger partial charge is 0.315 e. The number of hydrogen-bond acceptors (Lipinski definition) is 1. The Kier molecular flexibility index (Phi) is 3.34. The molecule has 0 radical (unpaired) electrons. The van der Waals surface area contributed by atoms with E-state index < -0.39 is 0 Å². The average molecular weight is 272 g/mol. The monoisotopic (exact) mass is 271 g/mol. The molecule has 0 atom stereocenters. The Labute approximate surface area is 119 Å². The van der Waals surface area contributed by atoms with Gasteiger partial charge in [-0.15, -0.1) is 0 Å². The minimum absolute atomic E-state index is 0.208. The maximum atomic E-state index is 6.14. The Hall–Kier alpha value is -1.31. The van der Waals surface area contributed by atoms with Crippen LogP contribution in [0.3, 0.4) is 0 Å². The van der Waals surface area contributed by atoms with Gasteiger partial charge in [-0.2, -0.15) is 0 Å². The molecule has 1 heterocycles. The Morgan fingerprint density at radius 2 is 1.84 bits per heavy atom. The minimum atomic E-state index is 0.208. The quantitative estimate of drug-likeness (QED) is 0.897. The summed E-state index contributed by atoms with van der Waals surface area (Å²) in [4.78, 5) is 0. The number of hydrogen-bond donors (Lipinski definition) is 1. The van der Waals surface area contributed by atoms with Crippen LogP contribution >= 0.6 is 11.6 Å². The van der Waals surface area contributed by atoms with E-state index in [-0.39, 0.29) is 5.41 Å². The Balaban J connectivity index is 1.89. The van der Waals surface area contributed by atoms with Crippen LogP contribution in [-0.2, 0) is 11.8 Å². The fourth-order valence-corrected chi connectivity index (χ4v) is 2.96. The predicted molar refractivity (Wildman–Crippen MR) is 80.9 cm³/mol. The molecule has 0 spiro atoms. The zero-order valence-corrected chi connectivity index (χ0v) is 11.9. The number of halogens is 1. The molecule has 2 aromatic rings. The van der Waals surface area contributed by atoms with Gasteiger partial charge < -0.3 is 5.32 Å². The van der Waals surface area contributed by atoms with E-state index in [2.05, 4.69) is 48.6 Å². The second kappa shape index (κ2) is 4.99. The highest BCUT2D eigenvalue weighted by atomic mass is 35.5. The maximum Gasteiger partial charge on any atom is 0.0408 e. The van der Waals surface area contributed by atoms with Crippen LogP contribution in [0.25, 0.3) is 0 Å². The van der Waals surface area contributed by atoms with Crippen molar-refractivity contribution in [2.24, 2.45) is 0 Å². The molecule has 0 amide bonds. The lowest BCUT2D eigenvalue weighted by Gasteiger charge is -2.43. The summed E-state index contributed by atoms with van der Waals surface area (Å²) in [7, 11) is 0. The lowest BCUT2D eigenvalue weighted by atomic mass is 9.71. The fraction of sp³-hybridized carbons (Fsp3) is 0.294. The third-order valence-corrected chi connectivity index (χ3v) is 4.26. The number of aryl methyl sites for hydroxylation is 1. The Morgan fingerprint density at radius 1 is 1.11 bits per heavy atom. The second-order valence-electron chi connectivity index (χ2n) is 5.56. The van der Waals surface area contributed by atoms with Gasteiger partial charge in [0.05, 0.1) is 0 Å². The summed E-state index contributed by atoms with van der Waals surface area (Å²) in [6, 6.07) is 17.1. The van der Waals surface area contributed by atoms with E-state index in [1.165, 1.54) is 16.7 Å². The van der Waals surface area contributed by atoms with Crippen molar-refractivity contribution in [2.75, 3.05) is 13.1 Å². The van der Waals surface area contributed by atoms with E-state index in [0.29, 0.717) is 0 Å². The molecule has 0 aliphatic carbocycles. The van der Waals surface area contributed by atoms with Gasteiger partial charge in [-0.05, 0) is 36.6 Å². The average Bonchev–Trinajstić information content (AvgIpc) is 2.36. The molecule has 2 aromatic carbocycles. The lowest BCUT2D eigenvalue weighted by Crippen LogP contribution is -2.58. The van der Waals surface area contributed by atoms with Gasteiger partial charge in [-0.25, -0.2) is 0 Å². The van der Waals surface area contributed by atoms with Gasteiger partial charge in [-0.3, -0.25) is 0 Å². The highest BCUT2D eigenvalue weighted by Crippen LogP contribution is 2.33. The van der Waals surface area contributed by atoms with Crippen molar-refractivity contribution >= 4 is 11.6 Å². The van der Waals surface area contributed by atoms with Gasteiger partial charge in [0.2, 0.25) is 0 Å². The molecule has 0 saturated carbocycles. The van der Waals surface area contributed by atoms with E-state index >= 15 is 0 Å². The molecule has 1 aliphatic rings. The SMILES string of the molecule is Cc1ccc(CC2(c3cccc(Cl)c3)CNC2)cc1. The third kappa shape index (κ3) is 2.54. The molecular formula is C17H18ClN. The lowest BCUT2D eigenvalue weighted by molar-refractivity contribution is 0.275. The van der Waals surface area contributed by atoms with Gasteiger partial charge in [0, 0.05) is 23.5 Å². The number of benzene rings is 2. The molecule has 1 fully saturated rings. The number of rotatable bonds is 3. The van der Waals surface area contributed by atoms with Crippen LogP contribution in [0.15, 0.2) is 48.5 Å². The van der Waals surface area contributed by atoms with E-state index in [1.807, 2.05) is 12.1 Å². The zero-order valence-electron chi connectivity index (χ0n) is 11.1. The smallest absolute Gasteiger partial charge is 0.0408 e. The summed E-state index contributed by atoms with van der Waals surface area (Å²) in [5, 5.41) is 4.24. The Bertz CT molecular complexity index is 570. The van der Waals surface area contributed by atoms with E-state index in [1.54, 1.807) is 0 Å². The summed E-state index contributed by atoms with van der Waals surface area (Å²) in [5.41, 5.74) is 4.26. The van der Waals surface area contributed by atoms with Crippen molar-refractivity contribution in [1.29, 1.82) is 0 Å². The molecule has 2 heteroatoms. The van der Waals surface area contributed by atoms with Crippen molar-refractivity contribution in [3.05, 3.63) is 70.2 Å². The molecule has 1 N–H and O–H groups in total. The second-order valence-corrected chi connectivity index (χ2v) is 5.99. The van der Waals surface area contributed by atoms with Crippen molar-refractivity contribution in [2.45, 2.75) is 18.8 Å². The van der Waals surface area contributed by atoms with Crippen LogP contribution in [0.1, 0.15) is 16.7 Å². The Morgan fingerprint density at radius 3 is 2.42 bits per heavy atom. The molecular weight excluding hydrogens is 254 g/mol. The predicted octanol–water partition coefficient (Wildman–Crippen LogP) is 3.73. The van der Waals surface area contributed by atoms with Gasteiger partial charge in [-0.1, -0.05) is 53.6 Å². The fourth-order valence-electron chi connectivity index (χ4n) is 2.77. The summed E-state index contributed by atoms with van der Waals surface area (Å²) in [5.74, 6) is 0. The molecule has 0 bridgehead atoms. The van der Waals surface area contributed by atoms with Crippen LogP contribution in [0.4, 0.5) is 0 Å². The molecule has 0 unspecified atom stereocenters. The first kappa shape index (κ1) is 12.7. The van der Waals surface area contributed by atoms with E-state index in [9.17, 15) is 0 Å². The molecule has 1 saturated heterocycles. The summed E-state index contributed by atoms with van der Waals surface area (Å²) in [6.45, 7) is 4.18. The van der Waals surface area contributed by atoms with Crippen molar-refractivity contribution in [3.63, 3.8) is 0 Å². The van der Waals surface area contributed by atoms with Crippen LogP contribution in [-0.4, -0.2) is 13.1 Å². The highest BCUT2D eigenvalue weighted by Gasteiger charge is 2.38. The first-order valence-corrected chi connectivity index (χ1v) is 7.08. The molecule has 19 heavy (non-hydrogen) atoms. The van der Waals surface area contributed by atoms with Gasteiger partial charge in [0.25, 0.3) is 0 Å². The summed E-state index contributed by atoms with van der Waals surface area (Å²) >= 11 is 6.14. The molecule has 3 rings (SSSR count). The van der Waals surface area contributed by atoms with Gasteiger partial charge in [0.15, 0.2) is 0 Å². The minimum Gasteiger partial charge on any atom is -0.315 e. The van der Waals surface area contributed by atoms with E-state index in [0.717, 1.165) is 24.5 Å². The molecule has 0 aromatic heterocycles. The topological polar surface area (TPSA) is 12.0 Å². The normalized spacial score (nSPS) is 16.9. The van der Waals surface area contributed by atoms with Crippen molar-refractivity contribution in [1.82, 2.24) is 5.32 Å². The first-order chi connectivity index (χ1) is 9.18. The van der Waals surface area contributed by atoms with Gasteiger partial charge >= 0.3 is 0 Å². The third-order valence-electron chi connectivity index (χ3n) is 4.03. The van der Waals surface area contributed by atoms with E-state index in [4.69, 9.17) is 11.6 Å². The molecule has 98 valence electrons. The maximum absolute atomic E-state index is 6.14. The van der Waals surface area contributed by atoms with Crippen LogP contribution in [0, 0.1) is 6.92 Å². The zero-order chi connectivity index (χ0) is 13.3. The van der Waals surface area contributed by atoms with Crippen LogP contribution in [0.5, 0.6) is 0 Å². The molecule has 1 aliphatic heterocycles. The van der Waals surface area contributed by atoms with Gasteiger partial charge in [0.1, 0.15) is 0 Å². The van der Waals surface area contributed by atoms with Crippen LogP contribution < -0.4 is 5.32 Å². The summed E-state index contributed by atoms with van der Waals surface area (Å²) in [6.07, 6.45) is 1.07. The van der Waals surface area contributed by atoms with Crippen molar-refractivity contribution < 1.29 is 0 Å². The number of nitrogens with one attached hydrogen (secondary N) is 1. The van der Waals surface area contributed by atoms with Crippen LogP contribution in [0.2, 0.25) is 5.02 Å². The summed E-state index contributed by atoms with van der Waals surface area (Å²) < 4.78 is 0.